The SMILES string of the molecule is CCOc1ccc(-n2c(C(C)N3CCN(C(=O)c4ccc(Cl)cc4Cl)C(C)C3)nc3ccccc3c2=O)cc1. The molecule has 1 aliphatic rings. The Morgan fingerprint density at radius 3 is 2.51 bits per heavy atom. The van der Waals surface area contributed by atoms with Crippen molar-refractivity contribution in [2.75, 3.05) is 26.2 Å². The number of carbonyl (C=O) groups is 1. The summed E-state index contributed by atoms with van der Waals surface area (Å²) in [6, 6.07) is 19.6. The molecule has 0 aliphatic carbocycles. The first-order valence-corrected chi connectivity index (χ1v) is 13.8. The quantitative estimate of drug-likeness (QED) is 0.287. The van der Waals surface area contributed by atoms with Crippen LogP contribution in [0.3, 0.4) is 0 Å². The van der Waals surface area contributed by atoms with Gasteiger partial charge in [0.05, 0.1) is 39.8 Å². The van der Waals surface area contributed by atoms with Crippen LogP contribution < -0.4 is 10.3 Å². The van der Waals surface area contributed by atoms with E-state index in [1.807, 2.05) is 61.2 Å². The minimum Gasteiger partial charge on any atom is -0.494 e. The van der Waals surface area contributed by atoms with E-state index in [0.717, 1.165) is 11.4 Å². The Kier molecular flexibility index (Phi) is 7.93. The first kappa shape index (κ1) is 27.2. The zero-order chi connectivity index (χ0) is 27.7. The first-order chi connectivity index (χ1) is 18.8. The van der Waals surface area contributed by atoms with Gasteiger partial charge in [0.2, 0.25) is 0 Å². The highest BCUT2D eigenvalue weighted by Gasteiger charge is 2.33. The van der Waals surface area contributed by atoms with Gasteiger partial charge in [0.15, 0.2) is 0 Å². The molecular formula is C30H30Cl2N4O3. The van der Waals surface area contributed by atoms with Gasteiger partial charge < -0.3 is 9.64 Å². The lowest BCUT2D eigenvalue weighted by Gasteiger charge is -2.42. The maximum absolute atomic E-state index is 13.8. The average Bonchev–Trinajstić information content (AvgIpc) is 2.93. The molecule has 0 radical (unpaired) electrons. The second kappa shape index (κ2) is 11.4. The summed E-state index contributed by atoms with van der Waals surface area (Å²) in [7, 11) is 0. The van der Waals surface area contributed by atoms with Crippen LogP contribution >= 0.6 is 23.2 Å². The van der Waals surface area contributed by atoms with Crippen LogP contribution in [0.5, 0.6) is 5.75 Å². The van der Waals surface area contributed by atoms with E-state index in [9.17, 15) is 9.59 Å². The van der Waals surface area contributed by atoms with Crippen molar-refractivity contribution in [3.63, 3.8) is 0 Å². The van der Waals surface area contributed by atoms with E-state index < -0.39 is 0 Å². The van der Waals surface area contributed by atoms with Crippen LogP contribution in [0.1, 0.15) is 43.0 Å². The van der Waals surface area contributed by atoms with E-state index in [4.69, 9.17) is 32.9 Å². The zero-order valence-corrected chi connectivity index (χ0v) is 23.6. The van der Waals surface area contributed by atoms with Crippen LogP contribution in [0.25, 0.3) is 16.6 Å². The number of piperazine rings is 1. The third kappa shape index (κ3) is 5.39. The molecule has 9 heteroatoms. The number of rotatable bonds is 6. The molecule has 0 bridgehead atoms. The highest BCUT2D eigenvalue weighted by molar-refractivity contribution is 6.36. The van der Waals surface area contributed by atoms with E-state index in [2.05, 4.69) is 11.8 Å². The summed E-state index contributed by atoms with van der Waals surface area (Å²) < 4.78 is 7.29. The van der Waals surface area contributed by atoms with Gasteiger partial charge in [-0.1, -0.05) is 35.3 Å². The highest BCUT2D eigenvalue weighted by atomic mass is 35.5. The second-order valence-corrected chi connectivity index (χ2v) is 10.5. The van der Waals surface area contributed by atoms with Crippen molar-refractivity contribution < 1.29 is 9.53 Å². The molecule has 1 aromatic heterocycles. The standard InChI is InChI=1S/C30H30Cl2N4O3/c1-4-39-23-12-10-22(11-13-23)36-28(33-27-8-6-5-7-25(27)30(36)38)20(3)34-15-16-35(19(2)18-34)29(37)24-14-9-21(31)17-26(24)32/h5-14,17,19-20H,4,15-16,18H2,1-3H3. The molecule has 2 heterocycles. The number of benzene rings is 3. The van der Waals surface area contributed by atoms with Crippen LogP contribution in [0.15, 0.2) is 71.5 Å². The Labute approximate surface area is 237 Å². The van der Waals surface area contributed by atoms with Crippen LogP contribution in [-0.4, -0.2) is 57.5 Å². The third-order valence-electron chi connectivity index (χ3n) is 7.21. The Balaban J connectivity index is 1.46. The molecule has 7 nitrogen and oxygen atoms in total. The van der Waals surface area contributed by atoms with Crippen molar-refractivity contribution >= 4 is 40.0 Å². The van der Waals surface area contributed by atoms with Crippen molar-refractivity contribution in [1.29, 1.82) is 0 Å². The van der Waals surface area contributed by atoms with E-state index in [1.54, 1.807) is 28.8 Å². The highest BCUT2D eigenvalue weighted by Crippen LogP contribution is 2.28. The minimum absolute atomic E-state index is 0.0773. The molecule has 39 heavy (non-hydrogen) atoms. The Hall–Kier alpha value is -3.39. The monoisotopic (exact) mass is 564 g/mol. The van der Waals surface area contributed by atoms with Crippen molar-refractivity contribution in [2.45, 2.75) is 32.9 Å². The number of halogens is 2. The van der Waals surface area contributed by atoms with Gasteiger partial charge in [-0.05, 0) is 75.4 Å². The van der Waals surface area contributed by atoms with Gasteiger partial charge in [-0.3, -0.25) is 19.1 Å². The minimum atomic E-state index is -0.187. The van der Waals surface area contributed by atoms with Crippen LogP contribution in [0.2, 0.25) is 10.0 Å². The van der Waals surface area contributed by atoms with Gasteiger partial charge in [-0.25, -0.2) is 4.98 Å². The fourth-order valence-corrected chi connectivity index (χ4v) is 5.65. The lowest BCUT2D eigenvalue weighted by molar-refractivity contribution is 0.0394. The number of amides is 1. The first-order valence-electron chi connectivity index (χ1n) is 13.0. The molecule has 1 fully saturated rings. The summed E-state index contributed by atoms with van der Waals surface area (Å²) in [5.74, 6) is 1.27. The molecule has 1 amide bonds. The van der Waals surface area contributed by atoms with Gasteiger partial charge in [0.1, 0.15) is 11.6 Å². The van der Waals surface area contributed by atoms with Crippen molar-refractivity contribution in [2.24, 2.45) is 0 Å². The van der Waals surface area contributed by atoms with Crippen LogP contribution in [0.4, 0.5) is 0 Å². The predicted octanol–water partition coefficient (Wildman–Crippen LogP) is 6.00. The molecule has 0 N–H and O–H groups in total. The summed E-state index contributed by atoms with van der Waals surface area (Å²) in [5, 5.41) is 1.39. The Morgan fingerprint density at radius 2 is 1.82 bits per heavy atom. The molecule has 3 aromatic carbocycles. The second-order valence-electron chi connectivity index (χ2n) is 9.70. The number of nitrogens with zero attached hydrogens (tertiary/aromatic N) is 4. The molecule has 5 rings (SSSR count). The van der Waals surface area contributed by atoms with Crippen molar-refractivity contribution in [1.82, 2.24) is 19.4 Å². The number of para-hydroxylation sites is 1. The number of aromatic nitrogens is 2. The van der Waals surface area contributed by atoms with E-state index in [-0.39, 0.29) is 23.6 Å². The topological polar surface area (TPSA) is 67.7 Å². The fourth-order valence-electron chi connectivity index (χ4n) is 5.16. The lowest BCUT2D eigenvalue weighted by atomic mass is 10.1. The molecule has 202 valence electrons. The van der Waals surface area contributed by atoms with Gasteiger partial charge in [0.25, 0.3) is 11.5 Å². The fraction of sp³-hybridized carbons (Fsp3) is 0.300. The summed E-state index contributed by atoms with van der Waals surface area (Å²) in [6.07, 6.45) is 0. The van der Waals surface area contributed by atoms with Crippen molar-refractivity contribution in [3.05, 3.63) is 98.5 Å². The van der Waals surface area contributed by atoms with Gasteiger partial charge in [-0.15, -0.1) is 0 Å². The molecule has 4 aromatic rings. The molecule has 1 saturated heterocycles. The maximum Gasteiger partial charge on any atom is 0.266 e. The van der Waals surface area contributed by atoms with Gasteiger partial charge >= 0.3 is 0 Å². The number of hydrogen-bond acceptors (Lipinski definition) is 5. The number of hydrogen-bond donors (Lipinski definition) is 0. The van der Waals surface area contributed by atoms with Gasteiger partial charge in [0, 0.05) is 30.7 Å². The average molecular weight is 566 g/mol. The summed E-state index contributed by atoms with van der Waals surface area (Å²) >= 11 is 12.3. The maximum atomic E-state index is 13.8. The molecule has 0 spiro atoms. The smallest absolute Gasteiger partial charge is 0.266 e. The molecule has 2 unspecified atom stereocenters. The molecule has 2 atom stereocenters. The van der Waals surface area contributed by atoms with Crippen LogP contribution in [0, 0.1) is 0 Å². The number of carbonyl (C=O) groups excluding carboxylic acids is 1. The molecular weight excluding hydrogens is 535 g/mol. The number of fused-ring (bicyclic) bond motifs is 1. The van der Waals surface area contributed by atoms with E-state index in [0.29, 0.717) is 58.6 Å². The molecule has 1 aliphatic heterocycles. The summed E-state index contributed by atoms with van der Waals surface area (Å²) in [4.78, 5) is 36.1. The zero-order valence-electron chi connectivity index (χ0n) is 22.1. The lowest BCUT2D eigenvalue weighted by Crippen LogP contribution is -2.54. The van der Waals surface area contributed by atoms with Gasteiger partial charge in [-0.2, -0.15) is 0 Å². The normalized spacial score (nSPS) is 16.8. The largest absolute Gasteiger partial charge is 0.494 e. The Morgan fingerprint density at radius 1 is 1.08 bits per heavy atom. The summed E-state index contributed by atoms with van der Waals surface area (Å²) in [6.45, 7) is 8.33. The molecule has 0 saturated carbocycles. The third-order valence-corrected chi connectivity index (χ3v) is 7.76. The Bertz CT molecular complexity index is 1570. The number of ether oxygens (including phenoxy) is 1. The summed E-state index contributed by atoms with van der Waals surface area (Å²) in [5.41, 5.74) is 1.70. The van der Waals surface area contributed by atoms with Crippen molar-refractivity contribution in [3.8, 4) is 11.4 Å². The van der Waals surface area contributed by atoms with E-state index >= 15 is 0 Å². The van der Waals surface area contributed by atoms with Crippen LogP contribution in [-0.2, 0) is 0 Å². The van der Waals surface area contributed by atoms with E-state index in [1.165, 1.54) is 0 Å². The predicted molar refractivity (Wildman–Crippen MR) is 155 cm³/mol.